The predicted molar refractivity (Wildman–Crippen MR) is 83.5 cm³/mol. The lowest BCUT2D eigenvalue weighted by Crippen LogP contribution is -2.12. The molecule has 0 spiro atoms. The van der Waals surface area contributed by atoms with Gasteiger partial charge in [0.2, 0.25) is 0 Å². The van der Waals surface area contributed by atoms with E-state index in [4.69, 9.17) is 23.2 Å². The van der Waals surface area contributed by atoms with Crippen molar-refractivity contribution in [1.82, 2.24) is 0 Å². The molecule has 1 N–H and O–H groups in total. The highest BCUT2D eigenvalue weighted by atomic mass is 127. The van der Waals surface area contributed by atoms with Crippen LogP contribution in [0, 0.1) is 9.39 Å². The van der Waals surface area contributed by atoms with Crippen molar-refractivity contribution in [3.63, 3.8) is 0 Å². The van der Waals surface area contributed by atoms with Gasteiger partial charge >= 0.3 is 0 Å². The Balaban J connectivity index is 2.25. The summed E-state index contributed by atoms with van der Waals surface area (Å²) in [5, 5.41) is 2.92. The SMILES string of the molecule is O=C(Nc1ccc(F)c(Cl)c1)c1cc(I)ccc1Cl. The third-order valence-electron chi connectivity index (χ3n) is 2.35. The standard InChI is InChI=1S/C13H7Cl2FINO/c14-10-3-1-7(17)5-9(10)13(19)18-8-2-4-12(16)11(15)6-8/h1-6H,(H,18,19). The Labute approximate surface area is 133 Å². The number of anilines is 1. The number of amides is 1. The Morgan fingerprint density at radius 3 is 2.53 bits per heavy atom. The third-order valence-corrected chi connectivity index (χ3v) is 3.64. The van der Waals surface area contributed by atoms with Crippen LogP contribution in [0.15, 0.2) is 36.4 Å². The molecule has 0 saturated heterocycles. The van der Waals surface area contributed by atoms with E-state index >= 15 is 0 Å². The zero-order valence-corrected chi connectivity index (χ0v) is 13.1. The molecule has 0 aliphatic rings. The van der Waals surface area contributed by atoms with Gasteiger partial charge in [-0.3, -0.25) is 4.79 Å². The number of halogens is 4. The minimum absolute atomic E-state index is 0.0495. The molecule has 1 amide bonds. The summed E-state index contributed by atoms with van der Waals surface area (Å²) in [6.45, 7) is 0. The fourth-order valence-electron chi connectivity index (χ4n) is 1.44. The molecule has 2 aromatic rings. The number of carbonyl (C=O) groups is 1. The van der Waals surface area contributed by atoms with Crippen LogP contribution in [0.25, 0.3) is 0 Å². The van der Waals surface area contributed by atoms with Gasteiger partial charge in [-0.05, 0) is 59.0 Å². The van der Waals surface area contributed by atoms with Gasteiger partial charge < -0.3 is 5.32 Å². The Morgan fingerprint density at radius 1 is 1.11 bits per heavy atom. The van der Waals surface area contributed by atoms with E-state index in [-0.39, 0.29) is 10.9 Å². The quantitative estimate of drug-likeness (QED) is 0.695. The number of hydrogen-bond donors (Lipinski definition) is 1. The molecular formula is C13H7Cl2FINO. The molecular weight excluding hydrogens is 403 g/mol. The Hall–Kier alpha value is -0.850. The Morgan fingerprint density at radius 2 is 1.84 bits per heavy atom. The largest absolute Gasteiger partial charge is 0.322 e. The molecule has 0 atom stereocenters. The molecule has 2 rings (SSSR count). The molecule has 6 heteroatoms. The lowest BCUT2D eigenvalue weighted by atomic mass is 10.2. The molecule has 0 aliphatic carbocycles. The minimum Gasteiger partial charge on any atom is -0.322 e. The first-order valence-corrected chi connectivity index (χ1v) is 7.02. The topological polar surface area (TPSA) is 29.1 Å². The van der Waals surface area contributed by atoms with Crippen molar-refractivity contribution in [3.8, 4) is 0 Å². The van der Waals surface area contributed by atoms with Gasteiger partial charge in [-0.15, -0.1) is 0 Å². The highest BCUT2D eigenvalue weighted by Crippen LogP contribution is 2.22. The average molecular weight is 410 g/mol. The maximum atomic E-state index is 13.0. The number of nitrogens with one attached hydrogen (secondary N) is 1. The van der Waals surface area contributed by atoms with Gasteiger partial charge in [-0.25, -0.2) is 4.39 Å². The van der Waals surface area contributed by atoms with Crippen molar-refractivity contribution in [2.75, 3.05) is 5.32 Å². The molecule has 0 unspecified atom stereocenters. The van der Waals surface area contributed by atoms with E-state index in [0.29, 0.717) is 16.3 Å². The smallest absolute Gasteiger partial charge is 0.257 e. The van der Waals surface area contributed by atoms with Gasteiger partial charge in [-0.1, -0.05) is 23.2 Å². The molecule has 0 aliphatic heterocycles. The van der Waals surface area contributed by atoms with E-state index in [1.807, 2.05) is 0 Å². The average Bonchev–Trinajstić information content (AvgIpc) is 2.36. The van der Waals surface area contributed by atoms with E-state index in [2.05, 4.69) is 27.9 Å². The van der Waals surface area contributed by atoms with Crippen molar-refractivity contribution in [2.45, 2.75) is 0 Å². The number of hydrogen-bond acceptors (Lipinski definition) is 1. The Kier molecular flexibility index (Phi) is 4.65. The first-order chi connectivity index (χ1) is 8.97. The molecule has 2 aromatic carbocycles. The molecule has 19 heavy (non-hydrogen) atoms. The van der Waals surface area contributed by atoms with Gasteiger partial charge in [0.15, 0.2) is 0 Å². The minimum atomic E-state index is -0.535. The number of benzene rings is 2. The molecule has 98 valence electrons. The van der Waals surface area contributed by atoms with Gasteiger partial charge in [-0.2, -0.15) is 0 Å². The van der Waals surface area contributed by atoms with Gasteiger partial charge in [0.25, 0.3) is 5.91 Å². The van der Waals surface area contributed by atoms with Gasteiger partial charge in [0, 0.05) is 9.26 Å². The summed E-state index contributed by atoms with van der Waals surface area (Å²) in [7, 11) is 0. The number of carbonyl (C=O) groups excluding carboxylic acids is 1. The maximum absolute atomic E-state index is 13.0. The van der Waals surface area contributed by atoms with Crippen molar-refractivity contribution in [3.05, 3.63) is 61.4 Å². The Bertz CT molecular complexity index is 649. The monoisotopic (exact) mass is 409 g/mol. The summed E-state index contributed by atoms with van der Waals surface area (Å²) in [6.07, 6.45) is 0. The highest BCUT2D eigenvalue weighted by molar-refractivity contribution is 14.1. The van der Waals surface area contributed by atoms with Gasteiger partial charge in [0.05, 0.1) is 15.6 Å². The van der Waals surface area contributed by atoms with E-state index in [9.17, 15) is 9.18 Å². The summed E-state index contributed by atoms with van der Waals surface area (Å²) in [5.74, 6) is -0.904. The highest BCUT2D eigenvalue weighted by Gasteiger charge is 2.12. The van der Waals surface area contributed by atoms with Gasteiger partial charge in [0.1, 0.15) is 5.82 Å². The van der Waals surface area contributed by atoms with Crippen LogP contribution >= 0.6 is 45.8 Å². The summed E-state index contributed by atoms with van der Waals surface area (Å²) < 4.78 is 13.9. The van der Waals surface area contributed by atoms with Crippen molar-refractivity contribution in [2.24, 2.45) is 0 Å². The van der Waals surface area contributed by atoms with Crippen LogP contribution in [0.5, 0.6) is 0 Å². The number of rotatable bonds is 2. The molecule has 0 fully saturated rings. The maximum Gasteiger partial charge on any atom is 0.257 e. The van der Waals surface area contributed by atoms with Crippen molar-refractivity contribution in [1.29, 1.82) is 0 Å². The zero-order valence-electron chi connectivity index (χ0n) is 9.38. The van der Waals surface area contributed by atoms with Crippen LogP contribution in [0.2, 0.25) is 10.0 Å². The summed E-state index contributed by atoms with van der Waals surface area (Å²) in [5.41, 5.74) is 0.764. The molecule has 2 nitrogen and oxygen atoms in total. The van der Waals surface area contributed by atoms with E-state index in [0.717, 1.165) is 3.57 Å². The molecule has 0 aromatic heterocycles. The predicted octanol–water partition coefficient (Wildman–Crippen LogP) is 4.99. The first kappa shape index (κ1) is 14.6. The molecule has 0 radical (unpaired) electrons. The second-order valence-corrected chi connectivity index (χ2v) is 5.77. The van der Waals surface area contributed by atoms with Crippen LogP contribution in [0.1, 0.15) is 10.4 Å². The summed E-state index contributed by atoms with van der Waals surface area (Å²) in [6, 6.07) is 9.08. The van der Waals surface area contributed by atoms with Crippen molar-refractivity contribution >= 4 is 57.4 Å². The van der Waals surface area contributed by atoms with E-state index in [1.165, 1.54) is 18.2 Å². The zero-order chi connectivity index (χ0) is 14.0. The van der Waals surface area contributed by atoms with Crippen LogP contribution in [-0.4, -0.2) is 5.91 Å². The van der Waals surface area contributed by atoms with E-state index < -0.39 is 5.82 Å². The first-order valence-electron chi connectivity index (χ1n) is 5.19. The van der Waals surface area contributed by atoms with Crippen LogP contribution < -0.4 is 5.32 Å². The summed E-state index contributed by atoms with van der Waals surface area (Å²) in [4.78, 5) is 12.0. The molecule has 0 saturated carbocycles. The van der Waals surface area contributed by atoms with Crippen LogP contribution in [-0.2, 0) is 0 Å². The fraction of sp³-hybridized carbons (Fsp3) is 0. The summed E-state index contributed by atoms with van der Waals surface area (Å²) >= 11 is 13.7. The second-order valence-electron chi connectivity index (χ2n) is 3.71. The lowest BCUT2D eigenvalue weighted by molar-refractivity contribution is 0.102. The van der Waals surface area contributed by atoms with Crippen molar-refractivity contribution < 1.29 is 9.18 Å². The third kappa shape index (κ3) is 3.58. The van der Waals surface area contributed by atoms with Crippen LogP contribution in [0.4, 0.5) is 10.1 Å². The molecule has 0 bridgehead atoms. The van der Waals surface area contributed by atoms with E-state index in [1.54, 1.807) is 18.2 Å². The second kappa shape index (κ2) is 6.07. The van der Waals surface area contributed by atoms with Crippen LogP contribution in [0.3, 0.4) is 0 Å². The molecule has 0 heterocycles. The lowest BCUT2D eigenvalue weighted by Gasteiger charge is -2.08. The normalized spacial score (nSPS) is 10.3. The fourth-order valence-corrected chi connectivity index (χ4v) is 2.32.